The molecule has 132 valence electrons. The van der Waals surface area contributed by atoms with Crippen LogP contribution in [0.2, 0.25) is 0 Å². The molecule has 2 aromatic heterocycles. The van der Waals surface area contributed by atoms with Gasteiger partial charge in [0.05, 0.1) is 0 Å². The summed E-state index contributed by atoms with van der Waals surface area (Å²) >= 11 is 0. The quantitative estimate of drug-likeness (QED) is 0.838. The second-order valence-corrected chi connectivity index (χ2v) is 7.12. The predicted octanol–water partition coefficient (Wildman–Crippen LogP) is 2.40. The summed E-state index contributed by atoms with van der Waals surface area (Å²) in [5.74, 6) is 1.98. The lowest BCUT2D eigenvalue weighted by Crippen LogP contribution is -2.47. The minimum Gasteiger partial charge on any atom is -0.353 e. The van der Waals surface area contributed by atoms with Crippen molar-refractivity contribution >= 4 is 11.8 Å². The average Bonchev–Trinajstić information content (AvgIpc) is 2.64. The van der Waals surface area contributed by atoms with E-state index in [0.29, 0.717) is 0 Å². The first-order chi connectivity index (χ1) is 12.1. The van der Waals surface area contributed by atoms with Crippen molar-refractivity contribution in [3.05, 3.63) is 34.5 Å². The number of aromatic nitrogens is 4. The molecule has 1 aliphatic heterocycles. The summed E-state index contributed by atoms with van der Waals surface area (Å²) in [6.45, 7) is 10.0. The molecule has 0 saturated carbocycles. The van der Waals surface area contributed by atoms with Crippen molar-refractivity contribution in [1.82, 2.24) is 19.9 Å². The van der Waals surface area contributed by atoms with Gasteiger partial charge in [-0.2, -0.15) is 0 Å². The Kier molecular flexibility index (Phi) is 4.27. The second kappa shape index (κ2) is 6.58. The zero-order valence-electron chi connectivity index (χ0n) is 15.4. The molecule has 0 atom stereocenters. The topological polar surface area (TPSA) is 58.0 Å². The van der Waals surface area contributed by atoms with Gasteiger partial charge in [0.15, 0.2) is 0 Å². The van der Waals surface area contributed by atoms with Gasteiger partial charge in [0.2, 0.25) is 5.95 Å². The maximum atomic E-state index is 4.90. The Morgan fingerprint density at radius 3 is 2.32 bits per heavy atom. The lowest BCUT2D eigenvalue weighted by atomic mass is 9.95. The van der Waals surface area contributed by atoms with Crippen molar-refractivity contribution in [1.29, 1.82) is 0 Å². The van der Waals surface area contributed by atoms with Crippen LogP contribution in [0.15, 0.2) is 6.33 Å². The van der Waals surface area contributed by atoms with Crippen LogP contribution in [0.4, 0.5) is 11.8 Å². The minimum atomic E-state index is 0.911. The maximum absolute atomic E-state index is 4.90. The Labute approximate surface area is 149 Å². The molecule has 2 aliphatic rings. The fourth-order valence-corrected chi connectivity index (χ4v) is 3.87. The van der Waals surface area contributed by atoms with Gasteiger partial charge in [-0.15, -0.1) is 0 Å². The number of aryl methyl sites for hydroxylation is 3. The average molecular weight is 338 g/mol. The Hall–Kier alpha value is -2.24. The molecule has 3 heterocycles. The molecule has 0 N–H and O–H groups in total. The zero-order valence-corrected chi connectivity index (χ0v) is 15.4. The number of piperazine rings is 1. The molecule has 6 nitrogen and oxygen atoms in total. The molecule has 0 spiro atoms. The Morgan fingerprint density at radius 2 is 1.52 bits per heavy atom. The fourth-order valence-electron chi connectivity index (χ4n) is 3.87. The molecule has 4 rings (SSSR count). The molecule has 6 heteroatoms. The molecular weight excluding hydrogens is 312 g/mol. The van der Waals surface area contributed by atoms with Crippen molar-refractivity contribution in [2.75, 3.05) is 36.0 Å². The molecule has 1 aliphatic carbocycles. The van der Waals surface area contributed by atoms with Crippen LogP contribution in [0.25, 0.3) is 0 Å². The number of hydrogen-bond acceptors (Lipinski definition) is 6. The highest BCUT2D eigenvalue weighted by molar-refractivity contribution is 5.49. The molecule has 25 heavy (non-hydrogen) atoms. The third-order valence-corrected chi connectivity index (χ3v) is 5.55. The van der Waals surface area contributed by atoms with Gasteiger partial charge in [-0.25, -0.2) is 19.9 Å². The summed E-state index contributed by atoms with van der Waals surface area (Å²) < 4.78 is 0. The van der Waals surface area contributed by atoms with Crippen LogP contribution in [0.5, 0.6) is 0 Å². The van der Waals surface area contributed by atoms with Crippen LogP contribution in [0.3, 0.4) is 0 Å². The van der Waals surface area contributed by atoms with E-state index in [1.807, 2.05) is 6.92 Å². The molecular formula is C19H26N6. The smallest absolute Gasteiger partial charge is 0.225 e. The van der Waals surface area contributed by atoms with Gasteiger partial charge in [-0.1, -0.05) is 0 Å². The van der Waals surface area contributed by atoms with Crippen molar-refractivity contribution in [3.8, 4) is 0 Å². The molecule has 1 fully saturated rings. The first kappa shape index (κ1) is 16.2. The van der Waals surface area contributed by atoms with E-state index < -0.39 is 0 Å². The van der Waals surface area contributed by atoms with Crippen LogP contribution < -0.4 is 9.80 Å². The van der Waals surface area contributed by atoms with E-state index >= 15 is 0 Å². The van der Waals surface area contributed by atoms with E-state index in [9.17, 15) is 0 Å². The van der Waals surface area contributed by atoms with Crippen LogP contribution in [0, 0.1) is 20.8 Å². The second-order valence-electron chi connectivity index (χ2n) is 7.12. The Morgan fingerprint density at radius 1 is 0.800 bits per heavy atom. The molecule has 0 unspecified atom stereocenters. The van der Waals surface area contributed by atoms with E-state index in [0.717, 1.165) is 56.5 Å². The van der Waals surface area contributed by atoms with Crippen molar-refractivity contribution in [2.45, 2.75) is 46.5 Å². The number of fused-ring (bicyclic) bond motifs is 1. The van der Waals surface area contributed by atoms with E-state index in [1.54, 1.807) is 6.33 Å². The summed E-state index contributed by atoms with van der Waals surface area (Å²) in [5, 5.41) is 0. The number of hydrogen-bond donors (Lipinski definition) is 0. The largest absolute Gasteiger partial charge is 0.353 e. The molecule has 1 saturated heterocycles. The van der Waals surface area contributed by atoms with E-state index in [-0.39, 0.29) is 0 Å². The number of rotatable bonds is 2. The fraction of sp³-hybridized carbons (Fsp3) is 0.579. The Bertz CT molecular complexity index is 780. The SMILES string of the molecule is Cc1ncnc(N2CCN(c3nc(C)c4c(n3)CCCC4)CC2)c1C. The zero-order chi connectivity index (χ0) is 17.4. The van der Waals surface area contributed by atoms with Gasteiger partial charge >= 0.3 is 0 Å². The van der Waals surface area contributed by atoms with Gasteiger partial charge < -0.3 is 9.80 Å². The van der Waals surface area contributed by atoms with Crippen LogP contribution in [-0.4, -0.2) is 46.1 Å². The standard InChI is InChI=1S/C19H26N6/c1-13-14(2)20-12-21-18(13)24-8-10-25(11-9-24)19-22-15(3)16-6-4-5-7-17(16)23-19/h12H,4-11H2,1-3H3. The summed E-state index contributed by atoms with van der Waals surface area (Å²) in [5.41, 5.74) is 6.07. The van der Waals surface area contributed by atoms with E-state index in [1.165, 1.54) is 35.4 Å². The third-order valence-electron chi connectivity index (χ3n) is 5.55. The summed E-state index contributed by atoms with van der Waals surface area (Å²) in [6, 6.07) is 0. The number of nitrogens with zero attached hydrogens (tertiary/aromatic N) is 6. The summed E-state index contributed by atoms with van der Waals surface area (Å²) in [4.78, 5) is 23.2. The molecule has 0 amide bonds. The molecule has 2 aromatic rings. The van der Waals surface area contributed by atoms with E-state index in [4.69, 9.17) is 9.97 Å². The monoisotopic (exact) mass is 338 g/mol. The highest BCUT2D eigenvalue weighted by Gasteiger charge is 2.23. The van der Waals surface area contributed by atoms with Gasteiger partial charge in [0, 0.05) is 48.8 Å². The predicted molar refractivity (Wildman–Crippen MR) is 99.3 cm³/mol. The van der Waals surface area contributed by atoms with Crippen LogP contribution in [-0.2, 0) is 12.8 Å². The maximum Gasteiger partial charge on any atom is 0.225 e. The van der Waals surface area contributed by atoms with Gasteiger partial charge in [0.1, 0.15) is 12.1 Å². The van der Waals surface area contributed by atoms with E-state index in [2.05, 4.69) is 33.6 Å². The van der Waals surface area contributed by atoms with Crippen molar-refractivity contribution < 1.29 is 0 Å². The molecule has 0 radical (unpaired) electrons. The first-order valence-corrected chi connectivity index (χ1v) is 9.28. The van der Waals surface area contributed by atoms with Gasteiger partial charge in [0.25, 0.3) is 0 Å². The van der Waals surface area contributed by atoms with Crippen LogP contribution >= 0.6 is 0 Å². The highest BCUT2D eigenvalue weighted by Crippen LogP contribution is 2.25. The lowest BCUT2D eigenvalue weighted by molar-refractivity contribution is 0.616. The third kappa shape index (κ3) is 3.05. The first-order valence-electron chi connectivity index (χ1n) is 9.28. The van der Waals surface area contributed by atoms with Crippen LogP contribution in [0.1, 0.15) is 41.1 Å². The summed E-state index contributed by atoms with van der Waals surface area (Å²) in [6.07, 6.45) is 6.43. The van der Waals surface area contributed by atoms with Crippen molar-refractivity contribution in [2.24, 2.45) is 0 Å². The molecule has 0 aromatic carbocycles. The van der Waals surface area contributed by atoms with Crippen molar-refractivity contribution in [3.63, 3.8) is 0 Å². The van der Waals surface area contributed by atoms with Gasteiger partial charge in [-0.05, 0) is 52.0 Å². The lowest BCUT2D eigenvalue weighted by Gasteiger charge is -2.36. The van der Waals surface area contributed by atoms with Gasteiger partial charge in [-0.3, -0.25) is 0 Å². The number of anilines is 2. The molecule has 0 bridgehead atoms. The summed E-state index contributed by atoms with van der Waals surface area (Å²) in [7, 11) is 0. The minimum absolute atomic E-state index is 0.911. The highest BCUT2D eigenvalue weighted by atomic mass is 15.3. The normalized spacial score (nSPS) is 17.6. The Balaban J connectivity index is 1.51.